The Morgan fingerprint density at radius 1 is 1.25 bits per heavy atom. The van der Waals surface area contributed by atoms with Crippen molar-refractivity contribution >= 4 is 16.3 Å². The van der Waals surface area contributed by atoms with Crippen molar-refractivity contribution in [3.63, 3.8) is 0 Å². The fourth-order valence-corrected chi connectivity index (χ4v) is 4.60. The number of benzene rings is 1. The van der Waals surface area contributed by atoms with E-state index >= 15 is 0 Å². The molecule has 2 aromatic heterocycles. The number of nitrogens with zero attached hydrogens (tertiary/aromatic N) is 3. The maximum Gasteiger partial charge on any atom is 0.235 e. The summed E-state index contributed by atoms with van der Waals surface area (Å²) in [7, 11) is 0. The highest BCUT2D eigenvalue weighted by Gasteiger charge is 2.34. The van der Waals surface area contributed by atoms with Gasteiger partial charge in [0.2, 0.25) is 10.8 Å². The summed E-state index contributed by atoms with van der Waals surface area (Å²) in [6.45, 7) is 3.61. The van der Waals surface area contributed by atoms with Crippen LogP contribution in [-0.2, 0) is 0 Å². The number of rotatable bonds is 3. The van der Waals surface area contributed by atoms with Crippen molar-refractivity contribution in [1.29, 1.82) is 0 Å². The summed E-state index contributed by atoms with van der Waals surface area (Å²) < 4.78 is 28.5. The molecule has 8 heteroatoms. The van der Waals surface area contributed by atoms with E-state index in [0.717, 1.165) is 32.0 Å². The summed E-state index contributed by atoms with van der Waals surface area (Å²) in [4.78, 5) is 6.82. The van der Waals surface area contributed by atoms with Crippen molar-refractivity contribution in [2.24, 2.45) is 0 Å². The van der Waals surface area contributed by atoms with Crippen LogP contribution < -0.4 is 4.90 Å². The van der Waals surface area contributed by atoms with E-state index < -0.39 is 11.6 Å². The van der Waals surface area contributed by atoms with Crippen molar-refractivity contribution < 1.29 is 18.8 Å². The third-order valence-electron chi connectivity index (χ3n) is 4.50. The first-order chi connectivity index (χ1) is 11.5. The quantitative estimate of drug-likeness (QED) is 0.757. The average molecular weight is 351 g/mol. The number of hydrogen-bond acceptors (Lipinski definition) is 4. The predicted octanol–water partition coefficient (Wildman–Crippen LogP) is 1.85. The van der Waals surface area contributed by atoms with E-state index in [1.807, 2.05) is 0 Å². The molecule has 0 radical (unpaired) electrons. The maximum atomic E-state index is 13.8. The fourth-order valence-electron chi connectivity index (χ4n) is 3.42. The Labute approximate surface area is 141 Å². The van der Waals surface area contributed by atoms with Crippen LogP contribution in [0.3, 0.4) is 0 Å². The molecule has 1 aliphatic rings. The number of fused-ring (bicyclic) bond motifs is 1. The third-order valence-corrected chi connectivity index (χ3v) is 5.58. The molecule has 3 heterocycles. The second-order valence-corrected chi connectivity index (χ2v) is 7.12. The van der Waals surface area contributed by atoms with E-state index in [2.05, 4.69) is 10.1 Å². The van der Waals surface area contributed by atoms with Crippen LogP contribution in [0.2, 0.25) is 0 Å². The second kappa shape index (κ2) is 5.78. The first-order valence-corrected chi connectivity index (χ1v) is 8.71. The van der Waals surface area contributed by atoms with Gasteiger partial charge in [0.05, 0.1) is 13.1 Å². The lowest BCUT2D eigenvalue weighted by molar-refractivity contribution is -0.913. The highest BCUT2D eigenvalue weighted by atomic mass is 32.1. The molecule has 126 valence electrons. The molecule has 1 atom stereocenters. The van der Waals surface area contributed by atoms with E-state index in [4.69, 9.17) is 0 Å². The Morgan fingerprint density at radius 3 is 2.67 bits per heavy atom. The van der Waals surface area contributed by atoms with Gasteiger partial charge < -0.3 is 10.0 Å². The minimum absolute atomic E-state index is 0.0322. The standard InChI is InChI=1S/C16H16F2N4OS/c1-9-19-16-22(20-9)15(23)14(24-16)13(21-6-2-3-7-21)10-4-5-11(17)12(18)8-10/h4-5,8,13,23H,2-3,6-7H2,1H3/p+1/t13-/m0/s1. The molecule has 0 bridgehead atoms. The lowest BCUT2D eigenvalue weighted by Crippen LogP contribution is -3.10. The van der Waals surface area contributed by atoms with Gasteiger partial charge in [-0.05, 0) is 25.1 Å². The maximum absolute atomic E-state index is 13.8. The summed E-state index contributed by atoms with van der Waals surface area (Å²) in [6.07, 6.45) is 2.16. The van der Waals surface area contributed by atoms with Gasteiger partial charge in [-0.2, -0.15) is 4.52 Å². The summed E-state index contributed by atoms with van der Waals surface area (Å²) in [5.74, 6) is -1.12. The van der Waals surface area contributed by atoms with Crippen LogP contribution in [0.15, 0.2) is 18.2 Å². The molecule has 0 spiro atoms. The first-order valence-electron chi connectivity index (χ1n) is 7.89. The van der Waals surface area contributed by atoms with Crippen LogP contribution in [0.1, 0.15) is 35.1 Å². The summed E-state index contributed by atoms with van der Waals surface area (Å²) in [5.41, 5.74) is 0.655. The van der Waals surface area contributed by atoms with Gasteiger partial charge in [-0.15, -0.1) is 5.10 Å². The number of likely N-dealkylation sites (tertiary alicyclic amines) is 1. The van der Waals surface area contributed by atoms with E-state index in [1.165, 1.54) is 26.8 Å². The monoisotopic (exact) mass is 351 g/mol. The fraction of sp³-hybridized carbons (Fsp3) is 0.375. The molecule has 4 rings (SSSR count). The summed E-state index contributed by atoms with van der Waals surface area (Å²) in [5, 5.41) is 14.8. The van der Waals surface area contributed by atoms with Gasteiger partial charge in [-0.1, -0.05) is 11.3 Å². The third kappa shape index (κ3) is 2.46. The van der Waals surface area contributed by atoms with Gasteiger partial charge in [0, 0.05) is 18.4 Å². The van der Waals surface area contributed by atoms with Crippen molar-refractivity contribution in [2.75, 3.05) is 13.1 Å². The highest BCUT2D eigenvalue weighted by molar-refractivity contribution is 7.17. The van der Waals surface area contributed by atoms with E-state index in [-0.39, 0.29) is 11.9 Å². The topological polar surface area (TPSA) is 54.9 Å². The molecule has 1 fully saturated rings. The summed E-state index contributed by atoms with van der Waals surface area (Å²) in [6, 6.07) is 3.71. The number of nitrogens with one attached hydrogen (secondary N) is 1. The minimum atomic E-state index is -0.870. The van der Waals surface area contributed by atoms with Crippen LogP contribution in [0.5, 0.6) is 5.88 Å². The number of thiazole rings is 1. The van der Waals surface area contributed by atoms with Crippen LogP contribution in [0.4, 0.5) is 8.78 Å². The molecule has 0 aliphatic carbocycles. The number of hydrogen-bond donors (Lipinski definition) is 2. The summed E-state index contributed by atoms with van der Waals surface area (Å²) >= 11 is 1.35. The normalized spacial score (nSPS) is 17.0. The number of quaternary nitrogens is 1. The van der Waals surface area contributed by atoms with Crippen molar-refractivity contribution in [1.82, 2.24) is 14.6 Å². The van der Waals surface area contributed by atoms with E-state index in [0.29, 0.717) is 21.2 Å². The minimum Gasteiger partial charge on any atom is -0.492 e. The molecule has 24 heavy (non-hydrogen) atoms. The number of aryl methyl sites for hydroxylation is 1. The Bertz CT molecular complexity index is 901. The Kier molecular flexibility index (Phi) is 3.73. The largest absolute Gasteiger partial charge is 0.492 e. The predicted molar refractivity (Wildman–Crippen MR) is 85.4 cm³/mol. The lowest BCUT2D eigenvalue weighted by Gasteiger charge is -2.24. The zero-order valence-corrected chi connectivity index (χ0v) is 13.9. The van der Waals surface area contributed by atoms with Crippen LogP contribution >= 0.6 is 11.3 Å². The van der Waals surface area contributed by atoms with E-state index in [9.17, 15) is 13.9 Å². The first kappa shape index (κ1) is 15.5. The highest BCUT2D eigenvalue weighted by Crippen LogP contribution is 2.35. The van der Waals surface area contributed by atoms with Crippen molar-refractivity contribution in [2.45, 2.75) is 25.8 Å². The molecule has 5 nitrogen and oxygen atoms in total. The number of aromatic nitrogens is 3. The molecule has 1 aliphatic heterocycles. The molecule has 1 aromatic carbocycles. The van der Waals surface area contributed by atoms with Gasteiger partial charge in [0.25, 0.3) is 0 Å². The smallest absolute Gasteiger partial charge is 0.235 e. The number of halogens is 2. The van der Waals surface area contributed by atoms with Crippen LogP contribution in [0, 0.1) is 18.6 Å². The van der Waals surface area contributed by atoms with Gasteiger partial charge in [-0.3, -0.25) is 0 Å². The Balaban J connectivity index is 1.86. The molecular weight excluding hydrogens is 334 g/mol. The van der Waals surface area contributed by atoms with Crippen molar-refractivity contribution in [3.8, 4) is 5.88 Å². The van der Waals surface area contributed by atoms with E-state index in [1.54, 1.807) is 13.0 Å². The molecule has 0 amide bonds. The number of aromatic hydroxyl groups is 1. The SMILES string of the molecule is Cc1nc2sc([C@H](c3ccc(F)c(F)c3)[NH+]3CCCC3)c(O)n2n1. The van der Waals surface area contributed by atoms with Crippen LogP contribution in [0.25, 0.3) is 4.96 Å². The second-order valence-electron chi connectivity index (χ2n) is 6.12. The van der Waals surface area contributed by atoms with Gasteiger partial charge >= 0.3 is 0 Å². The van der Waals surface area contributed by atoms with Gasteiger partial charge in [0.15, 0.2) is 17.7 Å². The zero-order chi connectivity index (χ0) is 16.8. The van der Waals surface area contributed by atoms with Crippen molar-refractivity contribution in [3.05, 3.63) is 46.1 Å². The van der Waals surface area contributed by atoms with Crippen LogP contribution in [-0.4, -0.2) is 32.8 Å². The molecule has 1 saturated heterocycles. The molecule has 0 saturated carbocycles. The zero-order valence-electron chi connectivity index (χ0n) is 13.1. The Hall–Kier alpha value is -2.06. The Morgan fingerprint density at radius 2 is 2.00 bits per heavy atom. The molecule has 3 aromatic rings. The molecule has 0 unspecified atom stereocenters. The average Bonchev–Trinajstić information content (AvgIpc) is 3.24. The molecular formula is C16H17F2N4OS+. The molecule has 2 N–H and O–H groups in total. The van der Waals surface area contributed by atoms with Gasteiger partial charge in [-0.25, -0.2) is 13.8 Å². The van der Waals surface area contributed by atoms with Gasteiger partial charge in [0.1, 0.15) is 10.7 Å². The lowest BCUT2D eigenvalue weighted by atomic mass is 10.0.